The van der Waals surface area contributed by atoms with Crippen molar-refractivity contribution in [3.63, 3.8) is 0 Å². The van der Waals surface area contributed by atoms with Gasteiger partial charge in [-0.2, -0.15) is 5.10 Å². The maximum absolute atomic E-state index is 12.4. The van der Waals surface area contributed by atoms with Crippen LogP contribution >= 0.6 is 15.9 Å². The molecule has 0 fully saturated rings. The van der Waals surface area contributed by atoms with Gasteiger partial charge in [0.1, 0.15) is 12.2 Å². The van der Waals surface area contributed by atoms with Crippen molar-refractivity contribution in [2.24, 2.45) is 5.10 Å². The Morgan fingerprint density at radius 2 is 1.94 bits per heavy atom. The first kappa shape index (κ1) is 24.0. The van der Waals surface area contributed by atoms with E-state index < -0.39 is 10.8 Å². The summed E-state index contributed by atoms with van der Waals surface area (Å²) >= 11 is 3.52. The largest absolute Gasteiger partial charge is 0.490 e. The highest BCUT2D eigenvalue weighted by molar-refractivity contribution is 9.10. The molecule has 4 rings (SSSR count). The van der Waals surface area contributed by atoms with Gasteiger partial charge in [0.2, 0.25) is 0 Å². The number of hydrogen-bond acceptors (Lipinski definition) is 7. The Balaban J connectivity index is 1.46. The standard InChI is InChI=1S/C25H20BrN3O6/c1-2-33-22-11-17(10-20(26)24(22)34-15-16-6-4-3-5-7-16)14-27-28-25(30)23-13-18-12-19(29(31)32)8-9-21(18)35-23/h3-14H,2,15H2,1H3,(H,28,30)/b27-14-. The minimum absolute atomic E-state index is 0.0153. The number of benzene rings is 3. The van der Waals surface area contributed by atoms with Crippen molar-refractivity contribution in [3.05, 3.63) is 98.2 Å². The molecule has 1 aromatic heterocycles. The lowest BCUT2D eigenvalue weighted by Gasteiger charge is -2.14. The first-order chi connectivity index (χ1) is 16.9. The molecule has 0 saturated carbocycles. The first-order valence-corrected chi connectivity index (χ1v) is 11.4. The molecule has 0 radical (unpaired) electrons. The number of nitrogens with zero attached hydrogens (tertiary/aromatic N) is 2. The van der Waals surface area contributed by atoms with E-state index in [1.54, 1.807) is 12.1 Å². The number of carbonyl (C=O) groups excluding carboxylic acids is 1. The van der Waals surface area contributed by atoms with Crippen LogP contribution in [0.1, 0.15) is 28.6 Å². The van der Waals surface area contributed by atoms with Gasteiger partial charge in [0.25, 0.3) is 5.69 Å². The molecule has 0 unspecified atom stereocenters. The molecule has 3 aromatic carbocycles. The van der Waals surface area contributed by atoms with Gasteiger partial charge in [0, 0.05) is 17.5 Å². The maximum Gasteiger partial charge on any atom is 0.307 e. The van der Waals surface area contributed by atoms with Gasteiger partial charge in [0.05, 0.1) is 22.2 Å². The van der Waals surface area contributed by atoms with Gasteiger partial charge in [-0.25, -0.2) is 5.43 Å². The first-order valence-electron chi connectivity index (χ1n) is 10.6. The smallest absolute Gasteiger partial charge is 0.307 e. The third kappa shape index (κ3) is 5.85. The van der Waals surface area contributed by atoms with Crippen LogP contribution in [0.15, 0.2) is 80.7 Å². The normalized spacial score (nSPS) is 11.0. The second kappa shape index (κ2) is 10.8. The highest BCUT2D eigenvalue weighted by Crippen LogP contribution is 2.37. The number of fused-ring (bicyclic) bond motifs is 1. The molecule has 1 heterocycles. The number of nitro benzene ring substituents is 1. The Hall–Kier alpha value is -4.18. The average molecular weight is 538 g/mol. The topological polar surface area (TPSA) is 116 Å². The predicted octanol–water partition coefficient (Wildman–Crippen LogP) is 5.85. The van der Waals surface area contributed by atoms with Crippen LogP contribution in [0.2, 0.25) is 0 Å². The van der Waals surface area contributed by atoms with Crippen molar-refractivity contribution < 1.29 is 23.6 Å². The van der Waals surface area contributed by atoms with Crippen LogP contribution in [0.5, 0.6) is 11.5 Å². The van der Waals surface area contributed by atoms with Gasteiger partial charge in [0.15, 0.2) is 17.3 Å². The van der Waals surface area contributed by atoms with Gasteiger partial charge >= 0.3 is 5.91 Å². The van der Waals surface area contributed by atoms with Crippen LogP contribution in [-0.4, -0.2) is 23.7 Å². The van der Waals surface area contributed by atoms with E-state index in [9.17, 15) is 14.9 Å². The Morgan fingerprint density at radius 3 is 2.69 bits per heavy atom. The van der Waals surface area contributed by atoms with Gasteiger partial charge in [-0.15, -0.1) is 0 Å². The number of non-ortho nitro benzene ring substituents is 1. The van der Waals surface area contributed by atoms with Crippen molar-refractivity contribution in [2.75, 3.05) is 6.61 Å². The van der Waals surface area contributed by atoms with E-state index in [-0.39, 0.29) is 11.4 Å². The number of nitrogens with one attached hydrogen (secondary N) is 1. The number of hydrogen-bond donors (Lipinski definition) is 1. The molecule has 0 aliphatic rings. The SMILES string of the molecule is CCOc1cc(/C=N\NC(=O)c2cc3cc([N+](=O)[O-])ccc3o2)cc(Br)c1OCc1ccccc1. The zero-order chi connectivity index (χ0) is 24.8. The van der Waals surface area contributed by atoms with Crippen LogP contribution in [0, 0.1) is 10.1 Å². The maximum atomic E-state index is 12.4. The fourth-order valence-corrected chi connectivity index (χ4v) is 3.85. The molecule has 10 heteroatoms. The van der Waals surface area contributed by atoms with E-state index >= 15 is 0 Å². The lowest BCUT2D eigenvalue weighted by Crippen LogP contribution is -2.16. The number of furan rings is 1. The Labute approximate surface area is 208 Å². The number of halogens is 1. The van der Waals surface area contributed by atoms with Gasteiger partial charge in [-0.1, -0.05) is 30.3 Å². The van der Waals surface area contributed by atoms with Crippen LogP contribution in [-0.2, 0) is 6.61 Å². The summed E-state index contributed by atoms with van der Waals surface area (Å²) in [5.41, 5.74) is 4.35. The molecule has 1 N–H and O–H groups in total. The zero-order valence-electron chi connectivity index (χ0n) is 18.6. The number of hydrazone groups is 1. The summed E-state index contributed by atoms with van der Waals surface area (Å²) < 4.78 is 17.8. The summed E-state index contributed by atoms with van der Waals surface area (Å²) in [5, 5.41) is 15.4. The van der Waals surface area contributed by atoms with Gasteiger partial charge < -0.3 is 13.9 Å². The van der Waals surface area contributed by atoms with E-state index in [1.807, 2.05) is 37.3 Å². The predicted molar refractivity (Wildman–Crippen MR) is 134 cm³/mol. The highest BCUT2D eigenvalue weighted by atomic mass is 79.9. The molecule has 0 atom stereocenters. The lowest BCUT2D eigenvalue weighted by molar-refractivity contribution is -0.384. The van der Waals surface area contributed by atoms with Crippen molar-refractivity contribution in [2.45, 2.75) is 13.5 Å². The minimum atomic E-state index is -0.591. The number of nitro groups is 1. The minimum Gasteiger partial charge on any atom is -0.490 e. The summed E-state index contributed by atoms with van der Waals surface area (Å²) in [5.74, 6) is 0.489. The van der Waals surface area contributed by atoms with Crippen LogP contribution < -0.4 is 14.9 Å². The molecule has 9 nitrogen and oxygen atoms in total. The summed E-state index contributed by atoms with van der Waals surface area (Å²) in [6, 6.07) is 18.8. The summed E-state index contributed by atoms with van der Waals surface area (Å²) in [6.45, 7) is 2.69. The van der Waals surface area contributed by atoms with Crippen LogP contribution in [0.25, 0.3) is 11.0 Å². The van der Waals surface area contributed by atoms with Crippen LogP contribution in [0.4, 0.5) is 5.69 Å². The monoisotopic (exact) mass is 537 g/mol. The quantitative estimate of drug-likeness (QED) is 0.163. The van der Waals surface area contributed by atoms with Crippen molar-refractivity contribution in [1.82, 2.24) is 5.43 Å². The molecule has 0 aliphatic heterocycles. The van der Waals surface area contributed by atoms with E-state index in [0.717, 1.165) is 5.56 Å². The molecular weight excluding hydrogens is 518 g/mol. The van der Waals surface area contributed by atoms with E-state index in [0.29, 0.717) is 45.7 Å². The zero-order valence-corrected chi connectivity index (χ0v) is 20.2. The number of rotatable bonds is 9. The number of ether oxygens (including phenoxy) is 2. The summed E-state index contributed by atoms with van der Waals surface area (Å²) in [7, 11) is 0. The molecule has 0 saturated heterocycles. The van der Waals surface area contributed by atoms with E-state index in [1.165, 1.54) is 30.5 Å². The molecular formula is C25H20BrN3O6. The van der Waals surface area contributed by atoms with Gasteiger partial charge in [-0.05, 0) is 58.2 Å². The molecule has 35 heavy (non-hydrogen) atoms. The molecule has 0 spiro atoms. The molecule has 0 bridgehead atoms. The number of amides is 1. The van der Waals surface area contributed by atoms with Crippen LogP contribution in [0.3, 0.4) is 0 Å². The Morgan fingerprint density at radius 1 is 1.14 bits per heavy atom. The lowest BCUT2D eigenvalue weighted by atomic mass is 10.2. The summed E-state index contributed by atoms with van der Waals surface area (Å²) in [6.07, 6.45) is 1.46. The molecule has 4 aromatic rings. The van der Waals surface area contributed by atoms with E-state index in [4.69, 9.17) is 13.9 Å². The Kier molecular flexibility index (Phi) is 7.41. The molecule has 0 aliphatic carbocycles. The van der Waals surface area contributed by atoms with Crippen molar-refractivity contribution >= 4 is 44.7 Å². The summed E-state index contributed by atoms with van der Waals surface area (Å²) in [4.78, 5) is 22.8. The fourth-order valence-electron chi connectivity index (χ4n) is 3.27. The second-order valence-electron chi connectivity index (χ2n) is 7.33. The van der Waals surface area contributed by atoms with Crippen molar-refractivity contribution in [1.29, 1.82) is 0 Å². The molecule has 1 amide bonds. The highest BCUT2D eigenvalue weighted by Gasteiger charge is 2.15. The van der Waals surface area contributed by atoms with E-state index in [2.05, 4.69) is 26.5 Å². The molecule has 178 valence electrons. The Bertz CT molecular complexity index is 1400. The number of carbonyl (C=O) groups is 1. The third-order valence-corrected chi connectivity index (χ3v) is 5.46. The second-order valence-corrected chi connectivity index (χ2v) is 8.18. The fraction of sp³-hybridized carbons (Fsp3) is 0.120. The van der Waals surface area contributed by atoms with Gasteiger partial charge in [-0.3, -0.25) is 14.9 Å². The third-order valence-electron chi connectivity index (χ3n) is 4.87. The average Bonchev–Trinajstić information content (AvgIpc) is 3.28. The van der Waals surface area contributed by atoms with Crippen molar-refractivity contribution in [3.8, 4) is 11.5 Å².